The number of carboxylic acid groups (broad SMARTS) is 1. The molecule has 3 N–H and O–H groups in total. The molecule has 0 radical (unpaired) electrons. The summed E-state index contributed by atoms with van der Waals surface area (Å²) in [6.07, 6.45) is -4.89. The zero-order valence-electron chi connectivity index (χ0n) is 14.6. The number of carboxylic acids is 1. The Hall–Kier alpha value is -1.65. The van der Waals surface area contributed by atoms with Crippen LogP contribution in [0.25, 0.3) is 0 Å². The van der Waals surface area contributed by atoms with Gasteiger partial charge in [0.05, 0.1) is 23.7 Å². The second-order valence-electron chi connectivity index (χ2n) is 6.38. The number of aliphatic carboxylic acids is 1. The number of nitrogens with one attached hydrogen (secondary N) is 1. The SMILES string of the molecule is CC1=C(C(=O)O)C(c2cccc(C(F)(F)F)c2F)C2=C(CSC(CO)CS2)N1. The highest BCUT2D eigenvalue weighted by Gasteiger charge is 2.41. The van der Waals surface area contributed by atoms with Crippen LogP contribution < -0.4 is 5.32 Å². The molecule has 0 amide bonds. The van der Waals surface area contributed by atoms with Crippen molar-refractivity contribution in [2.75, 3.05) is 18.1 Å². The minimum atomic E-state index is -4.89. The Bertz CT molecular complexity index is 867. The van der Waals surface area contributed by atoms with Gasteiger partial charge in [-0.15, -0.1) is 23.5 Å². The normalized spacial score (nSPS) is 23.2. The zero-order valence-corrected chi connectivity index (χ0v) is 16.3. The number of hydrogen-bond acceptors (Lipinski definition) is 5. The molecule has 152 valence electrons. The third-order valence-electron chi connectivity index (χ3n) is 4.56. The largest absolute Gasteiger partial charge is 0.478 e. The van der Waals surface area contributed by atoms with Gasteiger partial charge in [-0.05, 0) is 13.0 Å². The number of alkyl halides is 3. The van der Waals surface area contributed by atoms with Crippen LogP contribution >= 0.6 is 23.5 Å². The van der Waals surface area contributed by atoms with E-state index in [1.165, 1.54) is 36.5 Å². The average Bonchev–Trinajstić information content (AvgIpc) is 2.81. The highest BCUT2D eigenvalue weighted by atomic mass is 32.2. The van der Waals surface area contributed by atoms with E-state index in [0.29, 0.717) is 28.2 Å². The molecule has 1 aromatic carbocycles. The summed E-state index contributed by atoms with van der Waals surface area (Å²) in [5.41, 5.74) is -1.03. The summed E-state index contributed by atoms with van der Waals surface area (Å²) in [5.74, 6) is -3.09. The molecule has 2 aliphatic heterocycles. The summed E-state index contributed by atoms with van der Waals surface area (Å²) in [7, 11) is 0. The number of rotatable bonds is 3. The number of aliphatic hydroxyl groups excluding tert-OH is 1. The van der Waals surface area contributed by atoms with Crippen LogP contribution in [0.3, 0.4) is 0 Å². The molecule has 0 bridgehead atoms. The van der Waals surface area contributed by atoms with E-state index in [9.17, 15) is 32.6 Å². The predicted octanol–water partition coefficient (Wildman–Crippen LogP) is 3.94. The minimum absolute atomic E-state index is 0.0843. The van der Waals surface area contributed by atoms with E-state index in [1.54, 1.807) is 0 Å². The number of thioether (sulfide) groups is 2. The molecular weight excluding hydrogens is 418 g/mol. The van der Waals surface area contributed by atoms with E-state index in [4.69, 9.17) is 0 Å². The van der Waals surface area contributed by atoms with Gasteiger partial charge in [-0.1, -0.05) is 12.1 Å². The predicted molar refractivity (Wildman–Crippen MR) is 100 cm³/mol. The van der Waals surface area contributed by atoms with Gasteiger partial charge in [-0.2, -0.15) is 13.2 Å². The molecule has 0 saturated carbocycles. The lowest BCUT2D eigenvalue weighted by Gasteiger charge is -2.31. The maximum absolute atomic E-state index is 14.9. The van der Waals surface area contributed by atoms with E-state index >= 15 is 0 Å². The first-order valence-electron chi connectivity index (χ1n) is 8.30. The van der Waals surface area contributed by atoms with Gasteiger partial charge in [0.25, 0.3) is 0 Å². The second kappa shape index (κ2) is 8.00. The van der Waals surface area contributed by atoms with Gasteiger partial charge in [0.15, 0.2) is 0 Å². The summed E-state index contributed by atoms with van der Waals surface area (Å²) in [6.45, 7) is 1.43. The summed E-state index contributed by atoms with van der Waals surface area (Å²) < 4.78 is 54.5. The van der Waals surface area contributed by atoms with E-state index < -0.39 is 29.4 Å². The topological polar surface area (TPSA) is 69.6 Å². The van der Waals surface area contributed by atoms with Gasteiger partial charge in [0.1, 0.15) is 5.82 Å². The van der Waals surface area contributed by atoms with Gasteiger partial charge in [-0.3, -0.25) is 0 Å². The Kier molecular flexibility index (Phi) is 6.02. The first-order valence-corrected chi connectivity index (χ1v) is 10.3. The fraction of sp³-hybridized carbons (Fsp3) is 0.389. The summed E-state index contributed by atoms with van der Waals surface area (Å²) in [6, 6.07) is 2.93. The fourth-order valence-electron chi connectivity index (χ4n) is 3.26. The molecule has 2 atom stereocenters. The number of benzene rings is 1. The number of halogens is 4. The zero-order chi connectivity index (χ0) is 20.6. The van der Waals surface area contributed by atoms with E-state index in [0.717, 1.165) is 6.07 Å². The third-order valence-corrected chi connectivity index (χ3v) is 7.37. The minimum Gasteiger partial charge on any atom is -0.478 e. The molecule has 4 nitrogen and oxygen atoms in total. The van der Waals surface area contributed by atoms with Crippen molar-refractivity contribution in [3.05, 3.63) is 57.0 Å². The monoisotopic (exact) mass is 435 g/mol. The third kappa shape index (κ3) is 3.90. The average molecular weight is 435 g/mol. The standard InChI is InChI=1S/C18H17F4NO3S2/c1-8-13(17(25)26)14(10-3-2-4-11(15(10)19)18(20,21)22)16-12(23-8)7-27-9(5-24)6-28-16/h2-4,9,14,23-24H,5-7H2,1H3,(H,25,26). The van der Waals surface area contributed by atoms with Crippen LogP contribution in [-0.2, 0) is 11.0 Å². The Morgan fingerprint density at radius 2 is 2.07 bits per heavy atom. The van der Waals surface area contributed by atoms with Gasteiger partial charge in [0, 0.05) is 38.6 Å². The molecule has 0 aromatic heterocycles. The molecule has 0 saturated heterocycles. The molecule has 0 fully saturated rings. The molecule has 28 heavy (non-hydrogen) atoms. The molecule has 10 heteroatoms. The van der Waals surface area contributed by atoms with Crippen LogP contribution in [0.4, 0.5) is 17.6 Å². The van der Waals surface area contributed by atoms with Gasteiger partial charge >= 0.3 is 12.1 Å². The van der Waals surface area contributed by atoms with E-state index in [2.05, 4.69) is 5.32 Å². The van der Waals surface area contributed by atoms with Crippen LogP contribution in [0.5, 0.6) is 0 Å². The van der Waals surface area contributed by atoms with Crippen molar-refractivity contribution in [1.82, 2.24) is 5.32 Å². The summed E-state index contributed by atoms with van der Waals surface area (Å²) in [4.78, 5) is 12.4. The fourth-order valence-corrected chi connectivity index (χ4v) is 5.86. The smallest absolute Gasteiger partial charge is 0.419 e. The van der Waals surface area contributed by atoms with Crippen molar-refractivity contribution < 1.29 is 32.6 Å². The van der Waals surface area contributed by atoms with Crippen LogP contribution in [0.1, 0.15) is 24.0 Å². The molecule has 1 aromatic rings. The Morgan fingerprint density at radius 1 is 1.36 bits per heavy atom. The van der Waals surface area contributed by atoms with Crippen molar-refractivity contribution in [3.8, 4) is 0 Å². The summed E-state index contributed by atoms with van der Waals surface area (Å²) in [5, 5.41) is 22.0. The highest BCUT2D eigenvalue weighted by molar-refractivity contribution is 8.06. The first kappa shape index (κ1) is 21.1. The lowest BCUT2D eigenvalue weighted by atomic mass is 9.85. The molecule has 0 aliphatic carbocycles. The van der Waals surface area contributed by atoms with Gasteiger partial charge in [0.2, 0.25) is 0 Å². The summed E-state index contributed by atoms with van der Waals surface area (Å²) >= 11 is 2.69. The second-order valence-corrected chi connectivity index (χ2v) is 8.73. The maximum Gasteiger partial charge on any atom is 0.419 e. The van der Waals surface area contributed by atoms with Crippen LogP contribution in [0, 0.1) is 5.82 Å². The van der Waals surface area contributed by atoms with E-state index in [-0.39, 0.29) is 28.7 Å². The number of aliphatic hydroxyl groups is 1. The Morgan fingerprint density at radius 3 is 2.68 bits per heavy atom. The Labute approximate surface area is 167 Å². The lowest BCUT2D eigenvalue weighted by molar-refractivity contribution is -0.140. The van der Waals surface area contributed by atoms with Crippen LogP contribution in [0.15, 0.2) is 40.1 Å². The molecule has 2 aliphatic rings. The first-order chi connectivity index (χ1) is 13.1. The molecule has 3 rings (SSSR count). The number of allylic oxidation sites excluding steroid dienone is 2. The van der Waals surface area contributed by atoms with Gasteiger partial charge in [-0.25, -0.2) is 9.18 Å². The van der Waals surface area contributed by atoms with Crippen molar-refractivity contribution in [1.29, 1.82) is 0 Å². The Balaban J connectivity index is 2.18. The molecule has 2 unspecified atom stereocenters. The molecule has 0 spiro atoms. The van der Waals surface area contributed by atoms with E-state index in [1.807, 2.05) is 0 Å². The van der Waals surface area contributed by atoms with Crippen molar-refractivity contribution in [2.45, 2.75) is 24.3 Å². The van der Waals surface area contributed by atoms with Crippen LogP contribution in [-0.4, -0.2) is 39.5 Å². The molecule has 2 heterocycles. The van der Waals surface area contributed by atoms with Crippen molar-refractivity contribution in [2.24, 2.45) is 0 Å². The number of hydrogen-bond donors (Lipinski definition) is 3. The maximum atomic E-state index is 14.9. The quantitative estimate of drug-likeness (QED) is 0.625. The number of dihydropyridines is 1. The van der Waals surface area contributed by atoms with Crippen molar-refractivity contribution >= 4 is 29.5 Å². The lowest BCUT2D eigenvalue weighted by Crippen LogP contribution is -2.29. The van der Waals surface area contributed by atoms with Crippen LogP contribution in [0.2, 0.25) is 0 Å². The van der Waals surface area contributed by atoms with Gasteiger partial charge < -0.3 is 15.5 Å². The van der Waals surface area contributed by atoms with Crippen molar-refractivity contribution in [3.63, 3.8) is 0 Å². The molecular formula is C18H17F4NO3S2. The number of carbonyl (C=O) groups is 1. The highest BCUT2D eigenvalue weighted by Crippen LogP contribution is 2.48.